The van der Waals surface area contributed by atoms with Gasteiger partial charge in [0.1, 0.15) is 15.8 Å². The first-order chi connectivity index (χ1) is 11.1. The van der Waals surface area contributed by atoms with Crippen molar-refractivity contribution in [3.05, 3.63) is 60.1 Å². The van der Waals surface area contributed by atoms with Gasteiger partial charge in [-0.25, -0.2) is 0 Å². The van der Waals surface area contributed by atoms with Gasteiger partial charge in [-0.15, -0.1) is 0 Å². The number of hydrogen-bond donors (Lipinski definition) is 1. The number of rotatable bonds is 3. The van der Waals surface area contributed by atoms with Crippen molar-refractivity contribution in [3.63, 3.8) is 0 Å². The number of carbonyl (C=O) groups excluding carboxylic acids is 1. The van der Waals surface area contributed by atoms with Gasteiger partial charge in [0.25, 0.3) is 5.91 Å². The number of amides is 1. The van der Waals surface area contributed by atoms with Crippen LogP contribution in [-0.2, 0) is 37.5 Å². The van der Waals surface area contributed by atoms with Gasteiger partial charge in [0.05, 0.1) is 4.91 Å². The van der Waals surface area contributed by atoms with E-state index in [2.05, 4.69) is 19.2 Å². The van der Waals surface area contributed by atoms with Gasteiger partial charge in [-0.2, -0.15) is 6.42 Å². The molecule has 1 N–H and O–H groups in total. The smallest absolute Gasteiger partial charge is 0.263 e. The molecule has 2 aromatic rings. The molecule has 2 heterocycles. The topological polar surface area (TPSA) is 42.2 Å². The Bertz CT molecular complexity index is 709. The number of hydrogen-bond acceptors (Lipinski definition) is 4. The van der Waals surface area contributed by atoms with Gasteiger partial charge in [0.15, 0.2) is 0 Å². The number of furan rings is 1. The van der Waals surface area contributed by atoms with E-state index < -0.39 is 0 Å². The predicted molar refractivity (Wildman–Crippen MR) is 101 cm³/mol. The molecule has 1 aliphatic rings. The van der Waals surface area contributed by atoms with Crippen molar-refractivity contribution in [2.45, 2.75) is 19.8 Å². The minimum Gasteiger partial charge on any atom is -0.457 e. The molecule has 24 heavy (non-hydrogen) atoms. The summed E-state index contributed by atoms with van der Waals surface area (Å²) in [5.41, 5.74) is 1.01. The van der Waals surface area contributed by atoms with Gasteiger partial charge >= 0.3 is 0 Å². The summed E-state index contributed by atoms with van der Waals surface area (Å²) in [5, 5.41) is 2.57. The van der Waals surface area contributed by atoms with Crippen molar-refractivity contribution in [1.82, 2.24) is 5.32 Å². The van der Waals surface area contributed by atoms with E-state index in [4.69, 9.17) is 16.6 Å². The monoisotopic (exact) mass is 433 g/mol. The Hall–Kier alpha value is -0.746. The molecule has 0 bridgehead atoms. The molecule has 123 valence electrons. The van der Waals surface area contributed by atoms with E-state index in [1.807, 2.05) is 42.5 Å². The van der Waals surface area contributed by atoms with Crippen LogP contribution in [0.15, 0.2) is 51.8 Å². The van der Waals surface area contributed by atoms with Crippen LogP contribution in [0.3, 0.4) is 0 Å². The van der Waals surface area contributed by atoms with Crippen LogP contribution in [0, 0.1) is 6.92 Å². The fourth-order valence-corrected chi connectivity index (χ4v) is 2.76. The van der Waals surface area contributed by atoms with Gasteiger partial charge < -0.3 is 16.7 Å². The Kier molecular flexibility index (Phi) is 9.75. The number of thioether (sulfide) groups is 1. The van der Waals surface area contributed by atoms with E-state index in [1.54, 1.807) is 6.08 Å². The van der Waals surface area contributed by atoms with Crippen molar-refractivity contribution in [2.24, 2.45) is 0 Å². The van der Waals surface area contributed by atoms with E-state index in [-0.39, 0.29) is 38.6 Å². The van der Waals surface area contributed by atoms with Crippen LogP contribution in [-0.4, -0.2) is 10.2 Å². The average molecular weight is 433 g/mol. The summed E-state index contributed by atoms with van der Waals surface area (Å²) < 4.78 is 6.18. The first-order valence-electron chi connectivity index (χ1n) is 7.33. The molecule has 1 fully saturated rings. The molecule has 0 spiro atoms. The van der Waals surface area contributed by atoms with E-state index in [9.17, 15) is 4.79 Å². The second-order valence-corrected chi connectivity index (χ2v) is 6.49. The molecular formula is C18H18NO2S2Y-. The molecule has 6 heteroatoms. The van der Waals surface area contributed by atoms with Gasteiger partial charge in [0.2, 0.25) is 0 Å². The van der Waals surface area contributed by atoms with Crippen LogP contribution in [0.5, 0.6) is 0 Å². The maximum Gasteiger partial charge on any atom is 0.263 e. The third kappa shape index (κ3) is 6.28. The molecule has 3 nitrogen and oxygen atoms in total. The zero-order valence-electron chi connectivity index (χ0n) is 13.5. The van der Waals surface area contributed by atoms with E-state index >= 15 is 0 Å². The molecule has 1 aromatic carbocycles. The summed E-state index contributed by atoms with van der Waals surface area (Å²) in [4.78, 5) is 12.1. The molecule has 1 amide bonds. The van der Waals surface area contributed by atoms with Crippen LogP contribution in [0.1, 0.15) is 25.5 Å². The Morgan fingerprint density at radius 2 is 1.92 bits per heavy atom. The third-order valence-corrected chi connectivity index (χ3v) is 4.12. The predicted octanol–water partition coefficient (Wildman–Crippen LogP) is 5.05. The molecular weight excluding hydrogens is 415 g/mol. The Balaban J connectivity index is 0.000000522. The fourth-order valence-electron chi connectivity index (χ4n) is 1.74. The van der Waals surface area contributed by atoms with Gasteiger partial charge in [-0.3, -0.25) is 4.79 Å². The van der Waals surface area contributed by atoms with E-state index in [0.717, 1.165) is 17.7 Å². The van der Waals surface area contributed by atoms with Gasteiger partial charge in [-0.1, -0.05) is 67.7 Å². The molecule has 0 saturated carbocycles. The number of benzene rings is 1. The van der Waals surface area contributed by atoms with E-state index in [1.165, 1.54) is 18.2 Å². The number of nitrogens with one attached hydrogen (secondary N) is 1. The zero-order chi connectivity index (χ0) is 16.7. The molecule has 1 radical (unpaired) electrons. The maximum absolute atomic E-state index is 11.5. The SMILES string of the molecule is O=C1NC(=S)S/C1=C\c1ccc(-c2ccccc2)o1.[CH2-]CCC.[Y]. The number of thiocarbonyl (C=S) groups is 1. The third-order valence-electron chi connectivity index (χ3n) is 2.95. The molecule has 3 rings (SSSR count). The van der Waals surface area contributed by atoms with Crippen molar-refractivity contribution in [3.8, 4) is 11.3 Å². The summed E-state index contributed by atoms with van der Waals surface area (Å²) in [6.45, 7) is 5.72. The first kappa shape index (κ1) is 21.3. The Morgan fingerprint density at radius 1 is 1.25 bits per heavy atom. The average Bonchev–Trinajstić information content (AvgIpc) is 3.15. The van der Waals surface area contributed by atoms with Crippen molar-refractivity contribution in [1.29, 1.82) is 0 Å². The van der Waals surface area contributed by atoms with Crippen LogP contribution >= 0.6 is 24.0 Å². The number of unbranched alkanes of at least 4 members (excludes halogenated alkanes) is 1. The second kappa shape index (κ2) is 11.0. The molecule has 1 aliphatic heterocycles. The molecule has 1 saturated heterocycles. The number of carbonyl (C=O) groups is 1. The largest absolute Gasteiger partial charge is 0.457 e. The summed E-state index contributed by atoms with van der Waals surface area (Å²) in [7, 11) is 0. The van der Waals surface area contributed by atoms with Crippen molar-refractivity contribution < 1.29 is 41.9 Å². The maximum atomic E-state index is 11.5. The second-order valence-electron chi connectivity index (χ2n) is 4.77. The summed E-state index contributed by atoms with van der Waals surface area (Å²) >= 11 is 6.18. The van der Waals surface area contributed by atoms with Crippen molar-refractivity contribution in [2.75, 3.05) is 0 Å². The Labute approximate surface area is 177 Å². The molecule has 0 unspecified atom stereocenters. The quantitative estimate of drug-likeness (QED) is 0.418. The fraction of sp³-hybridized carbons (Fsp3) is 0.167. The Morgan fingerprint density at radius 3 is 2.46 bits per heavy atom. The van der Waals surface area contributed by atoms with Crippen LogP contribution < -0.4 is 5.32 Å². The molecule has 1 aromatic heterocycles. The molecule has 0 aliphatic carbocycles. The van der Waals surface area contributed by atoms with E-state index in [0.29, 0.717) is 15.0 Å². The van der Waals surface area contributed by atoms with Crippen molar-refractivity contribution >= 4 is 40.3 Å². The van der Waals surface area contributed by atoms with Crippen LogP contribution in [0.4, 0.5) is 0 Å². The van der Waals surface area contributed by atoms with Crippen LogP contribution in [0.25, 0.3) is 17.4 Å². The van der Waals surface area contributed by atoms with Crippen LogP contribution in [0.2, 0.25) is 0 Å². The summed E-state index contributed by atoms with van der Waals surface area (Å²) in [6.07, 6.45) is 3.98. The molecule has 0 atom stereocenters. The summed E-state index contributed by atoms with van der Waals surface area (Å²) in [6, 6.07) is 13.5. The van der Waals surface area contributed by atoms with Gasteiger partial charge in [0, 0.05) is 44.3 Å². The standard InChI is InChI=1S/C14H9NO2S2.C4H9.Y/c16-13-12(19-14(18)15-13)8-10-6-7-11(17-10)9-4-2-1-3-5-9;1-3-4-2;/h1-8H,(H,15,16,18);1,3-4H2,2H3;/q;-1;/b12-8-;;. The minimum absolute atomic E-state index is 0. The van der Waals surface area contributed by atoms with Gasteiger partial charge in [-0.05, 0) is 12.1 Å². The minimum atomic E-state index is -0.173. The summed E-state index contributed by atoms with van der Waals surface area (Å²) in [5.74, 6) is 1.24. The normalized spacial score (nSPS) is 14.7. The zero-order valence-corrected chi connectivity index (χ0v) is 17.9. The first-order valence-corrected chi connectivity index (χ1v) is 8.56.